The third-order valence-electron chi connectivity index (χ3n) is 4.37. The molecule has 1 atom stereocenters. The molecule has 2 rings (SSSR count). The van der Waals surface area contributed by atoms with Crippen molar-refractivity contribution < 1.29 is 24.2 Å². The summed E-state index contributed by atoms with van der Waals surface area (Å²) in [6.07, 6.45) is 0.846. The molecule has 1 aliphatic rings. The number of benzene rings is 1. The van der Waals surface area contributed by atoms with Gasteiger partial charge in [0.2, 0.25) is 0 Å². The van der Waals surface area contributed by atoms with E-state index in [2.05, 4.69) is 4.90 Å². The summed E-state index contributed by atoms with van der Waals surface area (Å²) in [5.41, 5.74) is 0.518. The number of ketones is 1. The van der Waals surface area contributed by atoms with E-state index in [-0.39, 0.29) is 24.3 Å². The van der Waals surface area contributed by atoms with Gasteiger partial charge in [0.05, 0.1) is 18.1 Å². The standard InChI is InChI=1S/C19H27NO5/c1-3-24-19(23)15-8-10-20(11-9-15)12-16(22)13-25-18-7-5-4-6-17(18)14(2)21/h4-7,15-16,22H,3,8-13H2,1-2H3. The van der Waals surface area contributed by atoms with E-state index in [1.165, 1.54) is 6.92 Å². The van der Waals surface area contributed by atoms with Crippen LogP contribution >= 0.6 is 0 Å². The number of Topliss-reactive ketones (excluding diaryl/α,β-unsaturated/α-hetero) is 1. The van der Waals surface area contributed by atoms with Gasteiger partial charge in [-0.05, 0) is 51.9 Å². The highest BCUT2D eigenvalue weighted by Crippen LogP contribution is 2.20. The first-order valence-electron chi connectivity index (χ1n) is 8.81. The van der Waals surface area contributed by atoms with Crippen LogP contribution in [0.5, 0.6) is 5.75 Å². The molecule has 1 heterocycles. The van der Waals surface area contributed by atoms with Crippen LogP contribution in [0, 0.1) is 5.92 Å². The minimum absolute atomic E-state index is 0.0352. The van der Waals surface area contributed by atoms with E-state index in [1.54, 1.807) is 24.3 Å². The Morgan fingerprint density at radius 1 is 1.28 bits per heavy atom. The van der Waals surface area contributed by atoms with E-state index in [9.17, 15) is 14.7 Å². The largest absolute Gasteiger partial charge is 0.490 e. The maximum atomic E-state index is 11.7. The number of carbonyl (C=O) groups excluding carboxylic acids is 2. The predicted octanol–water partition coefficient (Wildman–Crippen LogP) is 1.90. The van der Waals surface area contributed by atoms with Crippen molar-refractivity contribution in [2.75, 3.05) is 32.8 Å². The lowest BCUT2D eigenvalue weighted by molar-refractivity contribution is -0.149. The summed E-state index contributed by atoms with van der Waals surface area (Å²) in [7, 11) is 0. The first kappa shape index (κ1) is 19.4. The second kappa shape index (κ2) is 9.53. The van der Waals surface area contributed by atoms with Crippen LogP contribution in [0.4, 0.5) is 0 Å². The van der Waals surface area contributed by atoms with E-state index in [0.717, 1.165) is 25.9 Å². The van der Waals surface area contributed by atoms with Gasteiger partial charge < -0.3 is 19.5 Å². The lowest BCUT2D eigenvalue weighted by atomic mass is 9.97. The Morgan fingerprint density at radius 3 is 2.60 bits per heavy atom. The molecule has 1 unspecified atom stereocenters. The first-order chi connectivity index (χ1) is 12.0. The van der Waals surface area contributed by atoms with Gasteiger partial charge in [0.25, 0.3) is 0 Å². The van der Waals surface area contributed by atoms with Gasteiger partial charge in [-0.25, -0.2) is 0 Å². The molecule has 0 aromatic heterocycles. The molecule has 1 saturated heterocycles. The summed E-state index contributed by atoms with van der Waals surface area (Å²) in [5, 5.41) is 10.2. The fraction of sp³-hybridized carbons (Fsp3) is 0.579. The van der Waals surface area contributed by atoms with E-state index in [0.29, 0.717) is 24.5 Å². The van der Waals surface area contributed by atoms with Gasteiger partial charge in [-0.2, -0.15) is 0 Å². The number of carbonyl (C=O) groups is 2. The second-order valence-electron chi connectivity index (χ2n) is 6.34. The van der Waals surface area contributed by atoms with Gasteiger partial charge in [0.15, 0.2) is 5.78 Å². The zero-order valence-corrected chi connectivity index (χ0v) is 14.9. The number of piperidine rings is 1. The highest BCUT2D eigenvalue weighted by atomic mass is 16.5. The van der Waals surface area contributed by atoms with Gasteiger partial charge in [-0.1, -0.05) is 12.1 Å². The Bertz CT molecular complexity index is 581. The number of nitrogens with zero attached hydrogens (tertiary/aromatic N) is 1. The van der Waals surface area contributed by atoms with Gasteiger partial charge in [-0.15, -0.1) is 0 Å². The fourth-order valence-electron chi connectivity index (χ4n) is 3.03. The zero-order chi connectivity index (χ0) is 18.2. The van der Waals surface area contributed by atoms with Crippen molar-refractivity contribution in [3.05, 3.63) is 29.8 Å². The molecule has 25 heavy (non-hydrogen) atoms. The summed E-state index contributed by atoms with van der Waals surface area (Å²) >= 11 is 0. The van der Waals surface area contributed by atoms with Crippen molar-refractivity contribution >= 4 is 11.8 Å². The average Bonchev–Trinajstić information content (AvgIpc) is 2.61. The van der Waals surface area contributed by atoms with Crippen LogP contribution in [-0.2, 0) is 9.53 Å². The number of likely N-dealkylation sites (tertiary alicyclic amines) is 1. The molecule has 6 nitrogen and oxygen atoms in total. The van der Waals surface area contributed by atoms with Crippen molar-refractivity contribution in [1.29, 1.82) is 0 Å². The number of aliphatic hydroxyl groups excluding tert-OH is 1. The summed E-state index contributed by atoms with van der Waals surface area (Å²) in [6, 6.07) is 7.03. The number of hydrogen-bond acceptors (Lipinski definition) is 6. The molecule has 1 aromatic carbocycles. The smallest absolute Gasteiger partial charge is 0.309 e. The molecule has 0 aliphatic carbocycles. The van der Waals surface area contributed by atoms with E-state index < -0.39 is 6.10 Å². The summed E-state index contributed by atoms with van der Waals surface area (Å²) < 4.78 is 10.7. The maximum Gasteiger partial charge on any atom is 0.309 e. The third-order valence-corrected chi connectivity index (χ3v) is 4.37. The number of hydrogen-bond donors (Lipinski definition) is 1. The highest BCUT2D eigenvalue weighted by Gasteiger charge is 2.26. The molecule has 0 bridgehead atoms. The lowest BCUT2D eigenvalue weighted by Gasteiger charge is -2.32. The molecule has 138 valence electrons. The molecule has 0 saturated carbocycles. The quantitative estimate of drug-likeness (QED) is 0.571. The molecular weight excluding hydrogens is 322 g/mol. The Hall–Kier alpha value is -1.92. The van der Waals surface area contributed by atoms with Crippen molar-refractivity contribution in [3.8, 4) is 5.75 Å². The molecular formula is C19H27NO5. The van der Waals surface area contributed by atoms with Crippen LogP contribution < -0.4 is 4.74 Å². The van der Waals surface area contributed by atoms with Crippen molar-refractivity contribution in [2.45, 2.75) is 32.8 Å². The Labute approximate surface area is 148 Å². The molecule has 6 heteroatoms. The summed E-state index contributed by atoms with van der Waals surface area (Å²) in [4.78, 5) is 25.4. The summed E-state index contributed by atoms with van der Waals surface area (Å²) in [5.74, 6) is 0.278. The molecule has 1 aliphatic heterocycles. The van der Waals surface area contributed by atoms with Crippen LogP contribution in [0.1, 0.15) is 37.0 Å². The minimum Gasteiger partial charge on any atom is -0.490 e. The van der Waals surface area contributed by atoms with Crippen molar-refractivity contribution in [2.24, 2.45) is 5.92 Å². The van der Waals surface area contributed by atoms with Gasteiger partial charge in [0.1, 0.15) is 18.5 Å². The molecule has 0 radical (unpaired) electrons. The van der Waals surface area contributed by atoms with Crippen molar-refractivity contribution in [3.63, 3.8) is 0 Å². The van der Waals surface area contributed by atoms with Crippen LogP contribution in [-0.4, -0.2) is 60.7 Å². The molecule has 1 aromatic rings. The number of β-amino-alcohol motifs (C(OH)–C–C–N with tert-alkyl or cyclic N) is 1. The number of para-hydroxylation sites is 1. The normalized spacial score (nSPS) is 17.1. The zero-order valence-electron chi connectivity index (χ0n) is 14.9. The Morgan fingerprint density at radius 2 is 1.96 bits per heavy atom. The lowest BCUT2D eigenvalue weighted by Crippen LogP contribution is -2.42. The minimum atomic E-state index is -0.654. The third kappa shape index (κ3) is 5.83. The topological polar surface area (TPSA) is 76.1 Å². The summed E-state index contributed by atoms with van der Waals surface area (Å²) in [6.45, 7) is 5.84. The molecule has 0 spiro atoms. The second-order valence-corrected chi connectivity index (χ2v) is 6.34. The molecule has 1 fully saturated rings. The van der Waals surface area contributed by atoms with Gasteiger partial charge in [0, 0.05) is 6.54 Å². The van der Waals surface area contributed by atoms with E-state index in [4.69, 9.17) is 9.47 Å². The highest BCUT2D eigenvalue weighted by molar-refractivity contribution is 5.96. The first-order valence-corrected chi connectivity index (χ1v) is 8.81. The number of aliphatic hydroxyl groups is 1. The van der Waals surface area contributed by atoms with Crippen LogP contribution in [0.3, 0.4) is 0 Å². The Balaban J connectivity index is 1.76. The average molecular weight is 349 g/mol. The van der Waals surface area contributed by atoms with Crippen LogP contribution in [0.15, 0.2) is 24.3 Å². The Kier molecular flexibility index (Phi) is 7.40. The fourth-order valence-corrected chi connectivity index (χ4v) is 3.03. The maximum absolute atomic E-state index is 11.7. The number of ether oxygens (including phenoxy) is 2. The number of rotatable bonds is 8. The molecule has 0 amide bonds. The van der Waals surface area contributed by atoms with E-state index >= 15 is 0 Å². The molecule has 1 N–H and O–H groups in total. The van der Waals surface area contributed by atoms with Crippen LogP contribution in [0.2, 0.25) is 0 Å². The number of esters is 1. The van der Waals surface area contributed by atoms with Crippen molar-refractivity contribution in [1.82, 2.24) is 4.90 Å². The monoisotopic (exact) mass is 349 g/mol. The van der Waals surface area contributed by atoms with Crippen LogP contribution in [0.25, 0.3) is 0 Å². The predicted molar refractivity (Wildman–Crippen MR) is 93.7 cm³/mol. The van der Waals surface area contributed by atoms with E-state index in [1.807, 2.05) is 6.92 Å². The SMILES string of the molecule is CCOC(=O)C1CCN(CC(O)COc2ccccc2C(C)=O)CC1. The van der Waals surface area contributed by atoms with Gasteiger partial charge in [-0.3, -0.25) is 9.59 Å². The van der Waals surface area contributed by atoms with Gasteiger partial charge >= 0.3 is 5.97 Å².